The highest BCUT2D eigenvalue weighted by Gasteiger charge is 2.24. The third-order valence-corrected chi connectivity index (χ3v) is 3.11. The van der Waals surface area contributed by atoms with Crippen LogP contribution >= 0.6 is 0 Å². The second-order valence-corrected chi connectivity index (χ2v) is 4.28. The monoisotopic (exact) mass is 243 g/mol. The molecule has 5 nitrogen and oxygen atoms in total. The lowest BCUT2D eigenvalue weighted by Gasteiger charge is -2.24. The van der Waals surface area contributed by atoms with E-state index >= 15 is 0 Å². The first kappa shape index (κ1) is 11.0. The number of pyridine rings is 1. The number of phenols is 1. The first-order valence-electron chi connectivity index (χ1n) is 5.84. The number of carbonyl (C=O) groups excluding carboxylic acids is 1. The van der Waals surface area contributed by atoms with Crippen molar-refractivity contribution in [3.05, 3.63) is 36.0 Å². The lowest BCUT2D eigenvalue weighted by Crippen LogP contribution is -2.47. The average molecular weight is 243 g/mol. The zero-order chi connectivity index (χ0) is 12.5. The number of hydrogen-bond acceptors (Lipinski definition) is 4. The fourth-order valence-electron chi connectivity index (χ4n) is 2.26. The van der Waals surface area contributed by atoms with Crippen molar-refractivity contribution in [2.75, 3.05) is 13.1 Å². The minimum Gasteiger partial charge on any atom is -0.508 e. The average Bonchev–Trinajstić information content (AvgIpc) is 2.38. The van der Waals surface area contributed by atoms with Gasteiger partial charge in [0.1, 0.15) is 11.8 Å². The molecular weight excluding hydrogens is 230 g/mol. The van der Waals surface area contributed by atoms with Crippen LogP contribution in [0.3, 0.4) is 0 Å². The molecule has 18 heavy (non-hydrogen) atoms. The smallest absolute Gasteiger partial charge is 0.241 e. The Kier molecular flexibility index (Phi) is 2.60. The molecule has 0 saturated carbocycles. The highest BCUT2D eigenvalue weighted by molar-refractivity contribution is 5.91. The van der Waals surface area contributed by atoms with Gasteiger partial charge in [0, 0.05) is 30.7 Å². The number of amides is 1. The molecular formula is C13H13N3O2. The maximum atomic E-state index is 11.9. The third-order valence-electron chi connectivity index (χ3n) is 3.11. The summed E-state index contributed by atoms with van der Waals surface area (Å²) >= 11 is 0. The second-order valence-electron chi connectivity index (χ2n) is 4.28. The Bertz CT molecular complexity index is 612. The van der Waals surface area contributed by atoms with Crippen molar-refractivity contribution in [3.8, 4) is 5.75 Å². The highest BCUT2D eigenvalue weighted by atomic mass is 16.3. The van der Waals surface area contributed by atoms with Crippen LogP contribution in [0, 0.1) is 0 Å². The van der Waals surface area contributed by atoms with Crippen LogP contribution in [0.25, 0.3) is 10.9 Å². The number of carbonyl (C=O) groups is 1. The number of phenolic OH excluding ortho intramolecular Hbond substituents is 1. The quantitative estimate of drug-likeness (QED) is 0.689. The van der Waals surface area contributed by atoms with E-state index in [1.54, 1.807) is 24.4 Å². The molecule has 1 atom stereocenters. The fraction of sp³-hybridized carbons (Fsp3) is 0.231. The van der Waals surface area contributed by atoms with E-state index in [0.717, 1.165) is 17.5 Å². The maximum absolute atomic E-state index is 11.9. The SMILES string of the molecule is O=C1NCCNC1c1ccnc2cc(O)ccc12. The molecule has 2 aromatic rings. The molecule has 92 valence electrons. The molecule has 0 spiro atoms. The van der Waals surface area contributed by atoms with Crippen LogP contribution < -0.4 is 10.6 Å². The van der Waals surface area contributed by atoms with E-state index in [1.807, 2.05) is 6.07 Å². The van der Waals surface area contributed by atoms with Crippen molar-refractivity contribution in [1.29, 1.82) is 0 Å². The zero-order valence-electron chi connectivity index (χ0n) is 9.68. The van der Waals surface area contributed by atoms with E-state index in [9.17, 15) is 9.90 Å². The van der Waals surface area contributed by atoms with Gasteiger partial charge in [-0.1, -0.05) is 0 Å². The Balaban J connectivity index is 2.13. The van der Waals surface area contributed by atoms with Crippen molar-refractivity contribution in [3.63, 3.8) is 0 Å². The zero-order valence-corrected chi connectivity index (χ0v) is 9.68. The molecule has 1 fully saturated rings. The summed E-state index contributed by atoms with van der Waals surface area (Å²) < 4.78 is 0. The van der Waals surface area contributed by atoms with Crippen LogP contribution in [0.5, 0.6) is 5.75 Å². The van der Waals surface area contributed by atoms with Gasteiger partial charge in [0.25, 0.3) is 0 Å². The third kappa shape index (κ3) is 1.78. The summed E-state index contributed by atoms with van der Waals surface area (Å²) in [6, 6.07) is 6.47. The largest absolute Gasteiger partial charge is 0.508 e. The molecule has 1 aromatic carbocycles. The molecule has 1 aliphatic heterocycles. The number of rotatable bonds is 1. The number of piperazine rings is 1. The molecule has 1 amide bonds. The molecule has 0 aliphatic carbocycles. The molecule has 3 rings (SSSR count). The topological polar surface area (TPSA) is 74.2 Å². The van der Waals surface area contributed by atoms with Gasteiger partial charge in [0.05, 0.1) is 5.52 Å². The fourth-order valence-corrected chi connectivity index (χ4v) is 2.26. The number of aromatic hydroxyl groups is 1. The van der Waals surface area contributed by atoms with Gasteiger partial charge in [-0.3, -0.25) is 9.78 Å². The van der Waals surface area contributed by atoms with E-state index in [-0.39, 0.29) is 17.7 Å². The summed E-state index contributed by atoms with van der Waals surface area (Å²) in [5, 5.41) is 16.4. The van der Waals surface area contributed by atoms with Crippen LogP contribution in [0.4, 0.5) is 0 Å². The van der Waals surface area contributed by atoms with Gasteiger partial charge < -0.3 is 15.7 Å². The molecule has 0 radical (unpaired) electrons. The number of fused-ring (bicyclic) bond motifs is 1. The number of nitrogens with zero attached hydrogens (tertiary/aromatic N) is 1. The van der Waals surface area contributed by atoms with Gasteiger partial charge in [-0.2, -0.15) is 0 Å². The highest BCUT2D eigenvalue weighted by Crippen LogP contribution is 2.26. The molecule has 5 heteroatoms. The number of hydrogen-bond donors (Lipinski definition) is 3. The predicted molar refractivity (Wildman–Crippen MR) is 67.2 cm³/mol. The van der Waals surface area contributed by atoms with Gasteiger partial charge in [-0.15, -0.1) is 0 Å². The van der Waals surface area contributed by atoms with Crippen LogP contribution in [-0.4, -0.2) is 29.1 Å². The van der Waals surface area contributed by atoms with Crippen molar-refractivity contribution in [1.82, 2.24) is 15.6 Å². The molecule has 1 saturated heterocycles. The summed E-state index contributed by atoms with van der Waals surface area (Å²) in [5.41, 5.74) is 1.57. The van der Waals surface area contributed by atoms with Crippen LogP contribution in [-0.2, 0) is 4.79 Å². The van der Waals surface area contributed by atoms with Crippen LogP contribution in [0.15, 0.2) is 30.5 Å². The van der Waals surface area contributed by atoms with Gasteiger partial charge in [-0.05, 0) is 23.8 Å². The van der Waals surface area contributed by atoms with E-state index in [1.165, 1.54) is 0 Å². The van der Waals surface area contributed by atoms with Crippen molar-refractivity contribution >= 4 is 16.8 Å². The molecule has 3 N–H and O–H groups in total. The van der Waals surface area contributed by atoms with Crippen molar-refractivity contribution in [2.24, 2.45) is 0 Å². The maximum Gasteiger partial charge on any atom is 0.241 e. The first-order chi connectivity index (χ1) is 8.75. The Morgan fingerprint density at radius 2 is 2.17 bits per heavy atom. The van der Waals surface area contributed by atoms with Gasteiger partial charge in [0.2, 0.25) is 5.91 Å². The Morgan fingerprint density at radius 1 is 1.28 bits per heavy atom. The summed E-state index contributed by atoms with van der Waals surface area (Å²) in [6.45, 7) is 1.40. The van der Waals surface area contributed by atoms with Crippen molar-refractivity contribution in [2.45, 2.75) is 6.04 Å². The minimum atomic E-state index is -0.353. The molecule has 1 aliphatic rings. The molecule has 0 bridgehead atoms. The van der Waals surface area contributed by atoms with Gasteiger partial charge in [0.15, 0.2) is 0 Å². The van der Waals surface area contributed by atoms with Crippen molar-refractivity contribution < 1.29 is 9.90 Å². The van der Waals surface area contributed by atoms with Gasteiger partial charge in [-0.25, -0.2) is 0 Å². The first-order valence-corrected chi connectivity index (χ1v) is 5.84. The minimum absolute atomic E-state index is 0.0261. The standard InChI is InChI=1S/C13H13N3O2/c17-8-1-2-9-10(3-4-14-11(9)7-8)12-13(18)16-6-5-15-12/h1-4,7,12,15,17H,5-6H2,(H,16,18). The Labute approximate surface area is 104 Å². The summed E-state index contributed by atoms with van der Waals surface area (Å²) in [7, 11) is 0. The Morgan fingerprint density at radius 3 is 3.00 bits per heavy atom. The summed E-state index contributed by atoms with van der Waals surface area (Å²) in [5.74, 6) is 0.148. The lowest BCUT2D eigenvalue weighted by atomic mass is 10.00. The lowest BCUT2D eigenvalue weighted by molar-refractivity contribution is -0.124. The van der Waals surface area contributed by atoms with E-state index in [2.05, 4.69) is 15.6 Å². The summed E-state index contributed by atoms with van der Waals surface area (Å²) in [6.07, 6.45) is 1.65. The second kappa shape index (κ2) is 4.27. The van der Waals surface area contributed by atoms with E-state index in [4.69, 9.17) is 0 Å². The predicted octanol–water partition coefficient (Wildman–Crippen LogP) is 0.701. The number of aromatic nitrogens is 1. The number of benzene rings is 1. The molecule has 1 unspecified atom stereocenters. The van der Waals surface area contributed by atoms with E-state index < -0.39 is 0 Å². The normalized spacial score (nSPS) is 19.8. The van der Waals surface area contributed by atoms with Gasteiger partial charge >= 0.3 is 0 Å². The van der Waals surface area contributed by atoms with Crippen LogP contribution in [0.1, 0.15) is 11.6 Å². The molecule has 2 heterocycles. The Hall–Kier alpha value is -2.14. The van der Waals surface area contributed by atoms with E-state index in [0.29, 0.717) is 12.1 Å². The van der Waals surface area contributed by atoms with Crippen LogP contribution in [0.2, 0.25) is 0 Å². The number of nitrogens with one attached hydrogen (secondary N) is 2. The molecule has 1 aromatic heterocycles. The summed E-state index contributed by atoms with van der Waals surface area (Å²) in [4.78, 5) is 16.1.